The molecule has 1 aromatic rings. The molecule has 2 rings (SSSR count). The van der Waals surface area contributed by atoms with Crippen LogP contribution in [-0.4, -0.2) is 57.0 Å². The molecular weight excluding hydrogens is 466 g/mol. The highest BCUT2D eigenvalue weighted by molar-refractivity contribution is 8.26. The highest BCUT2D eigenvalue weighted by Gasteiger charge is 2.41. The summed E-state index contributed by atoms with van der Waals surface area (Å²) < 4.78 is 11.3. The van der Waals surface area contributed by atoms with Crippen molar-refractivity contribution in [3.63, 3.8) is 0 Å². The largest absolute Gasteiger partial charge is 0.493 e. The predicted octanol–water partition coefficient (Wildman–Crippen LogP) is 4.56. The minimum atomic E-state index is -1.56. The molecule has 1 amide bonds. The number of ether oxygens (including phenoxy) is 2. The molecule has 8 nitrogen and oxygen atoms in total. The van der Waals surface area contributed by atoms with Crippen molar-refractivity contribution in [2.75, 3.05) is 13.7 Å². The third-order valence-corrected chi connectivity index (χ3v) is 6.36. The smallest absolute Gasteiger partial charge is 0.327 e. The summed E-state index contributed by atoms with van der Waals surface area (Å²) in [5, 5.41) is 18.3. The van der Waals surface area contributed by atoms with Crippen LogP contribution >= 0.6 is 24.0 Å². The van der Waals surface area contributed by atoms with Crippen molar-refractivity contribution in [1.82, 2.24) is 4.90 Å². The fraction of sp³-hybridized carbons (Fsp3) is 0.478. The Morgan fingerprint density at radius 2 is 1.85 bits per heavy atom. The summed E-state index contributed by atoms with van der Waals surface area (Å²) >= 11 is 6.08. The molecule has 0 saturated carbocycles. The number of methoxy groups -OCH3 is 1. The van der Waals surface area contributed by atoms with E-state index in [1.807, 2.05) is 0 Å². The van der Waals surface area contributed by atoms with E-state index >= 15 is 0 Å². The second kappa shape index (κ2) is 13.2. The molecule has 1 saturated heterocycles. The van der Waals surface area contributed by atoms with E-state index in [4.69, 9.17) is 26.8 Å². The number of amides is 1. The number of thiocarbonyl (C=S) groups is 1. The fourth-order valence-electron chi connectivity index (χ4n) is 3.31. The number of carboxylic acid groups (broad SMARTS) is 2. The van der Waals surface area contributed by atoms with Gasteiger partial charge in [-0.15, -0.1) is 0 Å². The maximum atomic E-state index is 12.8. The molecule has 1 heterocycles. The highest BCUT2D eigenvalue weighted by atomic mass is 32.2. The molecule has 33 heavy (non-hydrogen) atoms. The summed E-state index contributed by atoms with van der Waals surface area (Å²) in [4.78, 5) is 36.3. The zero-order chi connectivity index (χ0) is 24.4. The Morgan fingerprint density at radius 3 is 2.48 bits per heavy atom. The van der Waals surface area contributed by atoms with Crippen LogP contribution in [0, 0.1) is 0 Å². The first-order chi connectivity index (χ1) is 15.8. The monoisotopic (exact) mass is 495 g/mol. The van der Waals surface area contributed by atoms with E-state index in [0.29, 0.717) is 23.7 Å². The Balaban J connectivity index is 2.07. The summed E-state index contributed by atoms with van der Waals surface area (Å²) in [5.74, 6) is -2.28. The quantitative estimate of drug-likeness (QED) is 0.218. The zero-order valence-corrected chi connectivity index (χ0v) is 20.4. The van der Waals surface area contributed by atoms with E-state index in [1.165, 1.54) is 32.8 Å². The Bertz CT molecular complexity index is 916. The minimum Gasteiger partial charge on any atom is -0.493 e. The van der Waals surface area contributed by atoms with Crippen molar-refractivity contribution in [3.05, 3.63) is 28.7 Å². The number of hydrogen-bond donors (Lipinski definition) is 2. The lowest BCUT2D eigenvalue weighted by atomic mass is 10.1. The van der Waals surface area contributed by atoms with E-state index < -0.39 is 30.3 Å². The average molecular weight is 496 g/mol. The van der Waals surface area contributed by atoms with Crippen LogP contribution in [0.1, 0.15) is 57.4 Å². The first kappa shape index (κ1) is 26.7. The van der Waals surface area contributed by atoms with Gasteiger partial charge >= 0.3 is 11.9 Å². The molecule has 2 N–H and O–H groups in total. The average Bonchev–Trinajstić information content (AvgIpc) is 3.04. The lowest BCUT2D eigenvalue weighted by molar-refractivity contribution is -0.150. The molecule has 0 aliphatic carbocycles. The fourth-order valence-corrected chi connectivity index (χ4v) is 4.67. The molecule has 1 aliphatic heterocycles. The van der Waals surface area contributed by atoms with Gasteiger partial charge in [0, 0.05) is 0 Å². The Kier molecular flexibility index (Phi) is 10.7. The van der Waals surface area contributed by atoms with Crippen molar-refractivity contribution in [1.29, 1.82) is 0 Å². The number of nitrogens with zero attached hydrogens (tertiary/aromatic N) is 1. The summed E-state index contributed by atoms with van der Waals surface area (Å²) in [6.45, 7) is 2.77. The van der Waals surface area contributed by atoms with E-state index in [1.54, 1.807) is 24.3 Å². The number of hydrogen-bond acceptors (Lipinski definition) is 7. The van der Waals surface area contributed by atoms with Gasteiger partial charge in [-0.05, 0) is 30.2 Å². The normalized spacial score (nSPS) is 15.7. The second-order valence-electron chi connectivity index (χ2n) is 7.53. The molecule has 0 spiro atoms. The summed E-state index contributed by atoms with van der Waals surface area (Å²) in [7, 11) is 1.53. The van der Waals surface area contributed by atoms with E-state index in [0.717, 1.165) is 29.5 Å². The molecule has 1 aliphatic rings. The first-order valence-corrected chi connectivity index (χ1v) is 12.0. The molecule has 1 fully saturated rings. The van der Waals surface area contributed by atoms with Gasteiger partial charge in [-0.3, -0.25) is 14.5 Å². The second-order valence-corrected chi connectivity index (χ2v) is 9.21. The van der Waals surface area contributed by atoms with Gasteiger partial charge in [0.15, 0.2) is 11.5 Å². The maximum Gasteiger partial charge on any atom is 0.327 e. The van der Waals surface area contributed by atoms with Crippen molar-refractivity contribution < 1.29 is 34.1 Å². The number of rotatable bonds is 14. The summed E-state index contributed by atoms with van der Waals surface area (Å²) in [6, 6.07) is 3.67. The van der Waals surface area contributed by atoms with Gasteiger partial charge in [0.2, 0.25) is 0 Å². The maximum absolute atomic E-state index is 12.8. The Hall–Kier alpha value is -2.59. The van der Waals surface area contributed by atoms with E-state index in [-0.39, 0.29) is 9.23 Å². The molecule has 0 radical (unpaired) electrons. The van der Waals surface area contributed by atoms with Crippen LogP contribution in [-0.2, 0) is 14.4 Å². The van der Waals surface area contributed by atoms with Crippen molar-refractivity contribution in [2.24, 2.45) is 0 Å². The zero-order valence-electron chi connectivity index (χ0n) is 18.7. The molecule has 1 atom stereocenters. The van der Waals surface area contributed by atoms with E-state index in [2.05, 4.69) is 6.92 Å². The lowest BCUT2D eigenvalue weighted by Gasteiger charge is -2.21. The summed E-state index contributed by atoms with van der Waals surface area (Å²) in [6.07, 6.45) is 7.80. The number of carbonyl (C=O) groups is 3. The number of carbonyl (C=O) groups excluding carboxylic acids is 1. The van der Waals surface area contributed by atoms with Crippen molar-refractivity contribution in [2.45, 2.75) is 57.9 Å². The van der Waals surface area contributed by atoms with Gasteiger partial charge in [-0.1, -0.05) is 69.1 Å². The third kappa shape index (κ3) is 7.75. The van der Waals surface area contributed by atoms with E-state index in [9.17, 15) is 19.5 Å². The first-order valence-electron chi connectivity index (χ1n) is 10.8. The van der Waals surface area contributed by atoms with Crippen LogP contribution in [0.2, 0.25) is 0 Å². The number of benzene rings is 1. The topological polar surface area (TPSA) is 113 Å². The van der Waals surface area contributed by atoms with Gasteiger partial charge in [0.05, 0.1) is 25.0 Å². The van der Waals surface area contributed by atoms with Crippen LogP contribution in [0.25, 0.3) is 6.08 Å². The molecule has 0 aromatic heterocycles. The molecule has 0 bridgehead atoms. The lowest BCUT2D eigenvalue weighted by Crippen LogP contribution is -2.45. The third-order valence-electron chi connectivity index (χ3n) is 5.03. The number of thioether (sulfide) groups is 1. The van der Waals surface area contributed by atoms with Crippen molar-refractivity contribution in [3.8, 4) is 11.5 Å². The molecule has 180 valence electrons. The molecule has 0 unspecified atom stereocenters. The Labute approximate surface area is 202 Å². The minimum absolute atomic E-state index is 0.00533. The van der Waals surface area contributed by atoms with Crippen LogP contribution in [0.4, 0.5) is 0 Å². The van der Waals surface area contributed by atoms with Crippen LogP contribution in [0.15, 0.2) is 23.1 Å². The van der Waals surface area contributed by atoms with Gasteiger partial charge in [-0.2, -0.15) is 0 Å². The highest BCUT2D eigenvalue weighted by Crippen LogP contribution is 2.36. The summed E-state index contributed by atoms with van der Waals surface area (Å²) in [5.41, 5.74) is 0.643. The number of carboxylic acids is 2. The van der Waals surface area contributed by atoms with Crippen molar-refractivity contribution >= 4 is 52.2 Å². The molecule has 10 heteroatoms. The van der Waals surface area contributed by atoms with Gasteiger partial charge < -0.3 is 19.7 Å². The molecular formula is C23H29NO7S2. The van der Waals surface area contributed by atoms with Crippen LogP contribution in [0.5, 0.6) is 11.5 Å². The van der Waals surface area contributed by atoms with Gasteiger partial charge in [-0.25, -0.2) is 4.79 Å². The van der Waals surface area contributed by atoms with Crippen LogP contribution < -0.4 is 9.47 Å². The SMILES string of the molecule is CCCCCCCCOc1ccc(/C=C2\SC(=S)N([C@H](CC(=O)O)C(=O)O)C2=O)cc1OC. The number of unbranched alkanes of at least 4 members (excludes halogenated alkanes) is 5. The molecule has 1 aromatic carbocycles. The Morgan fingerprint density at radius 1 is 1.15 bits per heavy atom. The predicted molar refractivity (Wildman–Crippen MR) is 131 cm³/mol. The van der Waals surface area contributed by atoms with Gasteiger partial charge in [0.1, 0.15) is 10.4 Å². The van der Waals surface area contributed by atoms with Gasteiger partial charge in [0.25, 0.3) is 5.91 Å². The standard InChI is InChI=1S/C23H29NO7S2/c1-3-4-5-6-7-8-11-31-17-10-9-15(12-18(17)30-2)13-19-21(27)24(23(32)33-19)16(22(28)29)14-20(25)26/h9-10,12-13,16H,3-8,11,14H2,1-2H3,(H,25,26)(H,28,29)/b19-13-/t16-/m1/s1. The van der Waals surface area contributed by atoms with Crippen LogP contribution in [0.3, 0.4) is 0 Å². The number of aliphatic carboxylic acids is 2.